The highest BCUT2D eigenvalue weighted by atomic mass is 16.5. The molecule has 3 heterocycles. The van der Waals surface area contributed by atoms with Crippen LogP contribution in [0.3, 0.4) is 0 Å². The number of benzene rings is 2. The Morgan fingerprint density at radius 2 is 1.76 bits per heavy atom. The molecule has 126 valence electrons. The minimum atomic E-state index is -0.432. The van der Waals surface area contributed by atoms with Crippen molar-refractivity contribution in [1.29, 1.82) is 0 Å². The predicted octanol–water partition coefficient (Wildman–Crippen LogP) is 3.45. The number of hydrogen-bond donors (Lipinski definition) is 0. The molecule has 2 aliphatic heterocycles. The molecular formula is C20H16O5. The predicted molar refractivity (Wildman–Crippen MR) is 92.0 cm³/mol. The van der Waals surface area contributed by atoms with Gasteiger partial charge in [0.1, 0.15) is 17.1 Å². The summed E-state index contributed by atoms with van der Waals surface area (Å²) in [5, 5.41) is 0.897. The minimum absolute atomic E-state index is 0.0153. The second-order valence-electron chi connectivity index (χ2n) is 6.34. The number of ether oxygens (including phenoxy) is 3. The van der Waals surface area contributed by atoms with Crippen LogP contribution in [0.25, 0.3) is 11.0 Å². The summed E-state index contributed by atoms with van der Waals surface area (Å²) < 4.78 is 22.8. The molecule has 2 aliphatic rings. The van der Waals surface area contributed by atoms with E-state index < -0.39 is 5.63 Å². The number of fused-ring (bicyclic) bond motifs is 7. The van der Waals surface area contributed by atoms with Crippen LogP contribution in [0.4, 0.5) is 0 Å². The van der Waals surface area contributed by atoms with Crippen molar-refractivity contribution < 1.29 is 18.6 Å². The Morgan fingerprint density at radius 3 is 2.64 bits per heavy atom. The number of methoxy groups -OCH3 is 1. The third kappa shape index (κ3) is 1.98. The van der Waals surface area contributed by atoms with Gasteiger partial charge in [-0.1, -0.05) is 24.3 Å². The number of rotatable bonds is 1. The highest BCUT2D eigenvalue weighted by Gasteiger charge is 2.41. The molecule has 0 spiro atoms. The third-order valence-electron chi connectivity index (χ3n) is 5.11. The Labute approximate surface area is 143 Å². The van der Waals surface area contributed by atoms with Crippen LogP contribution in [0.5, 0.6) is 17.2 Å². The van der Waals surface area contributed by atoms with Gasteiger partial charge >= 0.3 is 5.63 Å². The summed E-state index contributed by atoms with van der Waals surface area (Å²) in [6.45, 7) is 0.895. The number of hydrogen-bond acceptors (Lipinski definition) is 5. The molecule has 5 nitrogen and oxygen atoms in total. The molecule has 2 aromatic carbocycles. The smallest absolute Gasteiger partial charge is 0.379 e. The molecular weight excluding hydrogens is 320 g/mol. The molecule has 0 bridgehead atoms. The fourth-order valence-electron chi connectivity index (χ4n) is 4.01. The van der Waals surface area contributed by atoms with Crippen molar-refractivity contribution in [1.82, 2.24) is 0 Å². The first-order valence-electron chi connectivity index (χ1n) is 8.26. The Hall–Kier alpha value is -2.95. The molecule has 0 fully saturated rings. The van der Waals surface area contributed by atoms with E-state index in [4.69, 9.17) is 18.6 Å². The zero-order valence-electron chi connectivity index (χ0n) is 13.7. The minimum Gasteiger partial charge on any atom is -0.496 e. The van der Waals surface area contributed by atoms with Crippen molar-refractivity contribution in [3.8, 4) is 17.2 Å². The molecule has 5 heteroatoms. The van der Waals surface area contributed by atoms with Crippen molar-refractivity contribution in [2.75, 3.05) is 20.3 Å². The third-order valence-corrected chi connectivity index (χ3v) is 5.11. The van der Waals surface area contributed by atoms with E-state index in [-0.39, 0.29) is 11.8 Å². The summed E-state index contributed by atoms with van der Waals surface area (Å²) in [5.41, 5.74) is 2.02. The zero-order chi connectivity index (χ0) is 17.0. The highest BCUT2D eigenvalue weighted by molar-refractivity contribution is 5.83. The maximum atomic E-state index is 12.4. The van der Waals surface area contributed by atoms with E-state index in [1.54, 1.807) is 13.2 Å². The van der Waals surface area contributed by atoms with Crippen LogP contribution < -0.4 is 19.8 Å². The van der Waals surface area contributed by atoms with Gasteiger partial charge in [0.2, 0.25) is 5.75 Å². The Kier molecular flexibility index (Phi) is 3.04. The van der Waals surface area contributed by atoms with Crippen molar-refractivity contribution in [2.24, 2.45) is 0 Å². The van der Waals surface area contributed by atoms with Gasteiger partial charge in [-0.2, -0.15) is 0 Å². The molecule has 0 N–H and O–H groups in total. The molecule has 25 heavy (non-hydrogen) atoms. The van der Waals surface area contributed by atoms with Crippen molar-refractivity contribution in [3.05, 3.63) is 64.0 Å². The Bertz CT molecular complexity index is 1020. The van der Waals surface area contributed by atoms with Crippen molar-refractivity contribution >= 4 is 11.0 Å². The lowest BCUT2D eigenvalue weighted by atomic mass is 9.77. The van der Waals surface area contributed by atoms with Crippen LogP contribution in [0.15, 0.2) is 51.7 Å². The van der Waals surface area contributed by atoms with Gasteiger partial charge in [0.15, 0.2) is 0 Å². The SMILES string of the molecule is COc1cccc2c1[C@@H]1COc3c(c4ccccc4oc3=O)[C@@H]1CO2. The maximum Gasteiger partial charge on any atom is 0.379 e. The molecule has 0 unspecified atom stereocenters. The van der Waals surface area contributed by atoms with E-state index >= 15 is 0 Å². The van der Waals surface area contributed by atoms with Gasteiger partial charge in [-0.15, -0.1) is 0 Å². The second-order valence-corrected chi connectivity index (χ2v) is 6.34. The first-order valence-corrected chi connectivity index (χ1v) is 8.26. The monoisotopic (exact) mass is 336 g/mol. The van der Waals surface area contributed by atoms with E-state index in [1.807, 2.05) is 36.4 Å². The van der Waals surface area contributed by atoms with Crippen LogP contribution >= 0.6 is 0 Å². The fourth-order valence-corrected chi connectivity index (χ4v) is 4.01. The first kappa shape index (κ1) is 14.4. The largest absolute Gasteiger partial charge is 0.496 e. The van der Waals surface area contributed by atoms with E-state index in [0.29, 0.717) is 24.5 Å². The Morgan fingerprint density at radius 1 is 0.960 bits per heavy atom. The molecule has 0 radical (unpaired) electrons. The molecule has 0 aliphatic carbocycles. The topological polar surface area (TPSA) is 57.9 Å². The molecule has 0 saturated heterocycles. The molecule has 0 amide bonds. The summed E-state index contributed by atoms with van der Waals surface area (Å²) in [7, 11) is 1.65. The molecule has 1 aromatic heterocycles. The van der Waals surface area contributed by atoms with Gasteiger partial charge in [-0.3, -0.25) is 0 Å². The summed E-state index contributed by atoms with van der Waals surface area (Å²) in [6, 6.07) is 13.3. The highest BCUT2D eigenvalue weighted by Crippen LogP contribution is 2.51. The lowest BCUT2D eigenvalue weighted by molar-refractivity contribution is 0.162. The van der Waals surface area contributed by atoms with Crippen LogP contribution in [0, 0.1) is 0 Å². The summed E-state index contributed by atoms with van der Waals surface area (Å²) in [6.07, 6.45) is 0. The quantitative estimate of drug-likeness (QED) is 0.637. The first-order chi connectivity index (χ1) is 12.3. The number of para-hydroxylation sites is 1. The average Bonchev–Trinajstić information content (AvgIpc) is 2.66. The maximum absolute atomic E-state index is 12.4. The van der Waals surface area contributed by atoms with Gasteiger partial charge in [-0.25, -0.2) is 4.79 Å². The van der Waals surface area contributed by atoms with Gasteiger partial charge in [-0.05, 0) is 18.2 Å². The van der Waals surface area contributed by atoms with Crippen LogP contribution in [-0.2, 0) is 0 Å². The molecule has 3 aromatic rings. The van der Waals surface area contributed by atoms with Crippen LogP contribution in [-0.4, -0.2) is 20.3 Å². The van der Waals surface area contributed by atoms with Gasteiger partial charge in [0.25, 0.3) is 0 Å². The zero-order valence-corrected chi connectivity index (χ0v) is 13.7. The Balaban J connectivity index is 1.76. The van der Waals surface area contributed by atoms with Crippen LogP contribution in [0.2, 0.25) is 0 Å². The average molecular weight is 336 g/mol. The van der Waals surface area contributed by atoms with Gasteiger partial charge in [0, 0.05) is 28.3 Å². The van der Waals surface area contributed by atoms with Gasteiger partial charge in [0.05, 0.1) is 20.3 Å². The molecule has 2 atom stereocenters. The second kappa shape index (κ2) is 5.28. The lowest BCUT2D eigenvalue weighted by Gasteiger charge is -2.38. The molecule has 0 saturated carbocycles. The van der Waals surface area contributed by atoms with E-state index in [1.165, 1.54) is 0 Å². The summed E-state index contributed by atoms with van der Waals surface area (Å²) in [5.74, 6) is 1.99. The normalized spacial score (nSPS) is 20.7. The fraction of sp³-hybridized carbons (Fsp3) is 0.250. The molecule has 5 rings (SSSR count). The van der Waals surface area contributed by atoms with Gasteiger partial charge < -0.3 is 18.6 Å². The van der Waals surface area contributed by atoms with E-state index in [9.17, 15) is 4.79 Å². The standard InChI is InChI=1S/C20H16O5/c1-22-15-7-4-8-16-18(15)13-10-24-19-17(12(13)9-23-16)11-5-2-3-6-14(11)25-20(19)21/h2-8,12-13H,9-10H2,1H3/t12-,13-/m1/s1. The van der Waals surface area contributed by atoms with Crippen LogP contribution in [0.1, 0.15) is 23.0 Å². The van der Waals surface area contributed by atoms with Crippen molar-refractivity contribution in [3.63, 3.8) is 0 Å². The van der Waals surface area contributed by atoms with E-state index in [2.05, 4.69) is 0 Å². The summed E-state index contributed by atoms with van der Waals surface area (Å²) >= 11 is 0. The van der Waals surface area contributed by atoms with Crippen molar-refractivity contribution in [2.45, 2.75) is 11.8 Å². The summed E-state index contributed by atoms with van der Waals surface area (Å²) in [4.78, 5) is 12.4. The lowest BCUT2D eigenvalue weighted by Crippen LogP contribution is -2.34. The van der Waals surface area contributed by atoms with E-state index in [0.717, 1.165) is 28.0 Å².